The lowest BCUT2D eigenvalue weighted by Gasteiger charge is -2.15. The fourth-order valence-electron chi connectivity index (χ4n) is 1.53. The molecule has 0 fully saturated rings. The fourth-order valence-corrected chi connectivity index (χ4v) is 1.53. The Labute approximate surface area is 88.4 Å². The average Bonchev–Trinajstić information content (AvgIpc) is 2.80. The maximum Gasteiger partial charge on any atom is 0.115 e. The summed E-state index contributed by atoms with van der Waals surface area (Å²) >= 11 is 0. The molecule has 2 aromatic rings. The highest BCUT2D eigenvalue weighted by molar-refractivity contribution is 5.25. The van der Waals surface area contributed by atoms with E-state index in [0.717, 1.165) is 17.7 Å². The molecule has 0 aliphatic heterocycles. The number of hydrogen-bond acceptors (Lipinski definition) is 4. The lowest BCUT2D eigenvalue weighted by Crippen LogP contribution is -2.21. The van der Waals surface area contributed by atoms with Crippen molar-refractivity contribution >= 4 is 0 Å². The van der Waals surface area contributed by atoms with Crippen LogP contribution < -0.4 is 5.32 Å². The highest BCUT2D eigenvalue weighted by atomic mass is 16.3. The lowest BCUT2D eigenvalue weighted by atomic mass is 10.0. The minimum absolute atomic E-state index is 0.106. The van der Waals surface area contributed by atoms with Crippen LogP contribution >= 0.6 is 0 Å². The Balaban J connectivity index is 2.28. The minimum atomic E-state index is 0.106. The van der Waals surface area contributed by atoms with Crippen LogP contribution in [0.25, 0.3) is 0 Å². The van der Waals surface area contributed by atoms with Crippen LogP contribution in [-0.4, -0.2) is 16.5 Å². The SMILES string of the molecule is CCNC(c1cncnc1)c1ccoc1. The van der Waals surface area contributed by atoms with E-state index in [-0.39, 0.29) is 6.04 Å². The van der Waals surface area contributed by atoms with Gasteiger partial charge in [-0.15, -0.1) is 0 Å². The molecule has 0 amide bonds. The molecule has 0 aromatic carbocycles. The third-order valence-corrected chi connectivity index (χ3v) is 2.20. The van der Waals surface area contributed by atoms with Crippen molar-refractivity contribution in [1.29, 1.82) is 0 Å². The highest BCUT2D eigenvalue weighted by Crippen LogP contribution is 2.20. The normalized spacial score (nSPS) is 12.6. The third kappa shape index (κ3) is 2.22. The molecule has 15 heavy (non-hydrogen) atoms. The summed E-state index contributed by atoms with van der Waals surface area (Å²) in [4.78, 5) is 8.03. The summed E-state index contributed by atoms with van der Waals surface area (Å²) in [5, 5.41) is 3.36. The van der Waals surface area contributed by atoms with Crippen LogP contribution in [0.1, 0.15) is 24.1 Å². The topological polar surface area (TPSA) is 51.0 Å². The van der Waals surface area contributed by atoms with Crippen LogP contribution in [0.2, 0.25) is 0 Å². The van der Waals surface area contributed by atoms with Gasteiger partial charge in [-0.1, -0.05) is 6.92 Å². The summed E-state index contributed by atoms with van der Waals surface area (Å²) in [5.41, 5.74) is 2.13. The average molecular weight is 203 g/mol. The zero-order valence-electron chi connectivity index (χ0n) is 8.55. The Hall–Kier alpha value is -1.68. The van der Waals surface area contributed by atoms with Crippen LogP contribution in [0.15, 0.2) is 41.7 Å². The van der Waals surface area contributed by atoms with Crippen molar-refractivity contribution in [3.8, 4) is 0 Å². The predicted octanol–water partition coefficient (Wildman–Crippen LogP) is 1.77. The first-order valence-electron chi connectivity index (χ1n) is 4.92. The van der Waals surface area contributed by atoms with Gasteiger partial charge >= 0.3 is 0 Å². The molecule has 1 unspecified atom stereocenters. The molecule has 78 valence electrons. The van der Waals surface area contributed by atoms with E-state index >= 15 is 0 Å². The van der Waals surface area contributed by atoms with Crippen molar-refractivity contribution < 1.29 is 4.42 Å². The molecule has 1 N–H and O–H groups in total. The van der Waals surface area contributed by atoms with E-state index in [2.05, 4.69) is 22.2 Å². The van der Waals surface area contributed by atoms with Crippen molar-refractivity contribution in [2.45, 2.75) is 13.0 Å². The van der Waals surface area contributed by atoms with Gasteiger partial charge in [-0.3, -0.25) is 0 Å². The fraction of sp³-hybridized carbons (Fsp3) is 0.273. The van der Waals surface area contributed by atoms with Crippen molar-refractivity contribution in [1.82, 2.24) is 15.3 Å². The van der Waals surface area contributed by atoms with Gasteiger partial charge in [0.05, 0.1) is 18.6 Å². The van der Waals surface area contributed by atoms with Gasteiger partial charge in [-0.05, 0) is 12.6 Å². The Kier molecular flexibility index (Phi) is 3.09. The van der Waals surface area contributed by atoms with Crippen molar-refractivity contribution in [3.63, 3.8) is 0 Å². The first-order chi connectivity index (χ1) is 7.42. The largest absolute Gasteiger partial charge is 0.472 e. The Morgan fingerprint density at radius 3 is 2.73 bits per heavy atom. The zero-order valence-corrected chi connectivity index (χ0v) is 8.55. The molecule has 2 heterocycles. The lowest BCUT2D eigenvalue weighted by molar-refractivity contribution is 0.552. The van der Waals surface area contributed by atoms with Crippen molar-refractivity contribution in [2.75, 3.05) is 6.54 Å². The van der Waals surface area contributed by atoms with Gasteiger partial charge in [-0.25, -0.2) is 9.97 Å². The molecule has 0 spiro atoms. The second-order valence-corrected chi connectivity index (χ2v) is 3.22. The number of nitrogens with zero attached hydrogens (tertiary/aromatic N) is 2. The van der Waals surface area contributed by atoms with Gasteiger partial charge in [0.1, 0.15) is 6.33 Å². The molecule has 4 heteroatoms. The van der Waals surface area contributed by atoms with Gasteiger partial charge in [0.2, 0.25) is 0 Å². The Morgan fingerprint density at radius 1 is 1.33 bits per heavy atom. The number of rotatable bonds is 4. The quantitative estimate of drug-likeness (QED) is 0.822. The van der Waals surface area contributed by atoms with Gasteiger partial charge in [0.25, 0.3) is 0 Å². The second-order valence-electron chi connectivity index (χ2n) is 3.22. The van der Waals surface area contributed by atoms with Crippen LogP contribution in [0, 0.1) is 0 Å². The summed E-state index contributed by atoms with van der Waals surface area (Å²) in [7, 11) is 0. The van der Waals surface area contributed by atoms with E-state index in [1.807, 2.05) is 18.5 Å². The van der Waals surface area contributed by atoms with E-state index in [9.17, 15) is 0 Å². The molecule has 1 atom stereocenters. The first kappa shape index (κ1) is 9.86. The van der Waals surface area contributed by atoms with Crippen LogP contribution in [0.3, 0.4) is 0 Å². The third-order valence-electron chi connectivity index (χ3n) is 2.20. The molecule has 0 saturated heterocycles. The monoisotopic (exact) mass is 203 g/mol. The molecule has 0 aliphatic rings. The molecular formula is C11H13N3O. The van der Waals surface area contributed by atoms with Gasteiger partial charge < -0.3 is 9.73 Å². The maximum atomic E-state index is 5.08. The summed E-state index contributed by atoms with van der Waals surface area (Å²) in [6.07, 6.45) is 8.56. The molecular weight excluding hydrogens is 190 g/mol. The number of hydrogen-bond donors (Lipinski definition) is 1. The van der Waals surface area contributed by atoms with Crippen LogP contribution in [0.4, 0.5) is 0 Å². The van der Waals surface area contributed by atoms with Crippen LogP contribution in [-0.2, 0) is 0 Å². The van der Waals surface area contributed by atoms with Gasteiger partial charge in [-0.2, -0.15) is 0 Å². The van der Waals surface area contributed by atoms with E-state index in [4.69, 9.17) is 4.42 Å². The van der Waals surface area contributed by atoms with E-state index in [1.54, 1.807) is 12.5 Å². The smallest absolute Gasteiger partial charge is 0.115 e. The van der Waals surface area contributed by atoms with Crippen molar-refractivity contribution in [2.24, 2.45) is 0 Å². The second kappa shape index (κ2) is 4.70. The molecule has 0 aliphatic carbocycles. The highest BCUT2D eigenvalue weighted by Gasteiger charge is 2.13. The molecule has 0 radical (unpaired) electrons. The van der Waals surface area contributed by atoms with E-state index in [0.29, 0.717) is 0 Å². The molecule has 0 bridgehead atoms. The van der Waals surface area contributed by atoms with Crippen LogP contribution in [0.5, 0.6) is 0 Å². The molecule has 4 nitrogen and oxygen atoms in total. The summed E-state index contributed by atoms with van der Waals surface area (Å²) in [6, 6.07) is 2.05. The zero-order chi connectivity index (χ0) is 10.5. The maximum absolute atomic E-state index is 5.08. The molecule has 0 saturated carbocycles. The van der Waals surface area contributed by atoms with E-state index in [1.165, 1.54) is 6.33 Å². The summed E-state index contributed by atoms with van der Waals surface area (Å²) < 4.78 is 5.08. The minimum Gasteiger partial charge on any atom is -0.472 e. The summed E-state index contributed by atoms with van der Waals surface area (Å²) in [6.45, 7) is 2.95. The molecule has 2 rings (SSSR count). The van der Waals surface area contributed by atoms with Gasteiger partial charge in [0.15, 0.2) is 0 Å². The predicted molar refractivity (Wildman–Crippen MR) is 56.3 cm³/mol. The number of furan rings is 1. The van der Waals surface area contributed by atoms with Gasteiger partial charge in [0, 0.05) is 23.5 Å². The molecule has 2 aromatic heterocycles. The standard InChI is InChI=1S/C11H13N3O/c1-2-14-11(9-3-4-15-7-9)10-5-12-8-13-6-10/h3-8,11,14H,2H2,1H3. The Bertz CT molecular complexity index is 385. The first-order valence-corrected chi connectivity index (χ1v) is 4.92. The number of nitrogens with one attached hydrogen (secondary N) is 1. The van der Waals surface area contributed by atoms with E-state index < -0.39 is 0 Å². The number of aromatic nitrogens is 2. The summed E-state index contributed by atoms with van der Waals surface area (Å²) in [5.74, 6) is 0. The Morgan fingerprint density at radius 2 is 2.13 bits per heavy atom. The van der Waals surface area contributed by atoms with Crippen molar-refractivity contribution in [3.05, 3.63) is 48.4 Å².